The summed E-state index contributed by atoms with van der Waals surface area (Å²) in [4.78, 5) is 17.9. The van der Waals surface area contributed by atoms with Gasteiger partial charge in [0.1, 0.15) is 5.82 Å². The molecule has 1 aliphatic rings. The zero-order valence-electron chi connectivity index (χ0n) is 14.5. The standard InChI is InChI=1S/C19H18N4OS2/c1-12-17-18(13-6-8-14(25-2)9-7-13)26-11-16(24)21-19(17)23(22-12)15-5-3-4-10-20-15/h3-10,18H,11H2,1-2H3,(H,21,24). The molecule has 1 unspecified atom stereocenters. The molecule has 3 aromatic rings. The molecule has 0 saturated carbocycles. The molecule has 1 amide bonds. The number of hydrogen-bond acceptors (Lipinski definition) is 5. The van der Waals surface area contributed by atoms with E-state index in [4.69, 9.17) is 0 Å². The average molecular weight is 383 g/mol. The molecule has 0 bridgehead atoms. The Hall–Kier alpha value is -2.25. The molecule has 26 heavy (non-hydrogen) atoms. The molecule has 4 rings (SSSR count). The van der Waals surface area contributed by atoms with Crippen LogP contribution in [-0.4, -0.2) is 32.7 Å². The predicted octanol–water partition coefficient (Wildman–Crippen LogP) is 4.07. The van der Waals surface area contributed by atoms with E-state index >= 15 is 0 Å². The van der Waals surface area contributed by atoms with Crippen LogP contribution in [0.5, 0.6) is 0 Å². The lowest BCUT2D eigenvalue weighted by Gasteiger charge is -2.15. The third-order valence-electron chi connectivity index (χ3n) is 4.29. The van der Waals surface area contributed by atoms with Gasteiger partial charge in [-0.25, -0.2) is 4.98 Å². The number of nitrogens with one attached hydrogen (secondary N) is 1. The molecule has 3 heterocycles. The highest BCUT2D eigenvalue weighted by molar-refractivity contribution is 8.00. The molecule has 1 aromatic carbocycles. The number of rotatable bonds is 3. The first-order chi connectivity index (χ1) is 12.7. The van der Waals surface area contributed by atoms with Gasteiger partial charge in [0.15, 0.2) is 5.82 Å². The Labute approximate surface area is 160 Å². The van der Waals surface area contributed by atoms with Crippen LogP contribution in [-0.2, 0) is 4.79 Å². The summed E-state index contributed by atoms with van der Waals surface area (Å²) in [6, 6.07) is 14.2. The predicted molar refractivity (Wildman–Crippen MR) is 107 cm³/mol. The lowest BCUT2D eigenvalue weighted by molar-refractivity contribution is -0.113. The number of nitrogens with zero attached hydrogens (tertiary/aromatic N) is 3. The fourth-order valence-corrected chi connectivity index (χ4v) is 4.67. The maximum atomic E-state index is 12.3. The van der Waals surface area contributed by atoms with Crippen molar-refractivity contribution in [3.8, 4) is 5.82 Å². The lowest BCUT2D eigenvalue weighted by atomic mass is 10.0. The smallest absolute Gasteiger partial charge is 0.235 e. The minimum Gasteiger partial charge on any atom is -0.310 e. The van der Waals surface area contributed by atoms with E-state index in [0.717, 1.165) is 17.1 Å². The normalized spacial score (nSPS) is 16.7. The summed E-state index contributed by atoms with van der Waals surface area (Å²) in [5, 5.41) is 7.75. The average Bonchev–Trinajstić information content (AvgIpc) is 2.88. The van der Waals surface area contributed by atoms with Gasteiger partial charge in [0.05, 0.1) is 16.7 Å². The second-order valence-corrected chi connectivity index (χ2v) is 7.93. The van der Waals surface area contributed by atoms with E-state index in [1.165, 1.54) is 10.5 Å². The SMILES string of the molecule is CSc1ccc(C2SCC(=O)Nc3c2c(C)nn3-c2ccccn2)cc1. The van der Waals surface area contributed by atoms with Crippen LogP contribution in [0.1, 0.15) is 22.1 Å². The Bertz CT molecular complexity index is 938. The highest BCUT2D eigenvalue weighted by Gasteiger charge is 2.30. The summed E-state index contributed by atoms with van der Waals surface area (Å²) in [7, 11) is 0. The molecule has 0 spiro atoms. The Balaban J connectivity index is 1.85. The van der Waals surface area contributed by atoms with Crippen LogP contribution in [0.15, 0.2) is 53.6 Å². The lowest BCUT2D eigenvalue weighted by Crippen LogP contribution is -2.16. The minimum absolute atomic E-state index is 0.0171. The quantitative estimate of drug-likeness (QED) is 0.692. The number of benzene rings is 1. The fourth-order valence-electron chi connectivity index (χ4n) is 3.07. The van der Waals surface area contributed by atoms with Gasteiger partial charge in [-0.05, 0) is 43.0 Å². The van der Waals surface area contributed by atoms with Crippen molar-refractivity contribution < 1.29 is 4.79 Å². The number of aromatic nitrogens is 3. The number of aryl methyl sites for hydroxylation is 1. The number of carbonyl (C=O) groups is 1. The van der Waals surface area contributed by atoms with Gasteiger partial charge in [-0.1, -0.05) is 18.2 Å². The van der Waals surface area contributed by atoms with Gasteiger partial charge in [-0.2, -0.15) is 9.78 Å². The van der Waals surface area contributed by atoms with Crippen molar-refractivity contribution in [1.29, 1.82) is 0 Å². The molecule has 0 aliphatic carbocycles. The Morgan fingerprint density at radius 1 is 1.23 bits per heavy atom. The highest BCUT2D eigenvalue weighted by atomic mass is 32.2. The number of anilines is 1. The first-order valence-electron chi connectivity index (χ1n) is 8.23. The van der Waals surface area contributed by atoms with Crippen molar-refractivity contribution in [1.82, 2.24) is 14.8 Å². The van der Waals surface area contributed by atoms with E-state index in [0.29, 0.717) is 11.6 Å². The van der Waals surface area contributed by atoms with Crippen LogP contribution in [0.4, 0.5) is 5.82 Å². The third kappa shape index (κ3) is 3.12. The molecule has 5 nitrogen and oxygen atoms in total. The number of thioether (sulfide) groups is 2. The molecule has 1 atom stereocenters. The Morgan fingerprint density at radius 3 is 2.73 bits per heavy atom. The molecule has 1 aliphatic heterocycles. The molecule has 0 fully saturated rings. The fraction of sp³-hybridized carbons (Fsp3) is 0.211. The maximum absolute atomic E-state index is 12.3. The van der Waals surface area contributed by atoms with Crippen LogP contribution in [0, 0.1) is 6.92 Å². The number of hydrogen-bond donors (Lipinski definition) is 1. The number of pyridine rings is 1. The number of fused-ring (bicyclic) bond motifs is 1. The second kappa shape index (κ2) is 7.17. The minimum atomic E-state index is -0.0171. The molecule has 0 radical (unpaired) electrons. The van der Waals surface area contributed by atoms with Crippen LogP contribution in [0.2, 0.25) is 0 Å². The van der Waals surface area contributed by atoms with Crippen LogP contribution >= 0.6 is 23.5 Å². The molecular weight excluding hydrogens is 364 g/mol. The molecule has 0 saturated heterocycles. The maximum Gasteiger partial charge on any atom is 0.235 e. The third-order valence-corrected chi connectivity index (χ3v) is 6.31. The first-order valence-corrected chi connectivity index (χ1v) is 10.5. The van der Waals surface area contributed by atoms with E-state index in [2.05, 4.69) is 45.9 Å². The van der Waals surface area contributed by atoms with E-state index in [9.17, 15) is 4.79 Å². The van der Waals surface area contributed by atoms with Crippen LogP contribution < -0.4 is 5.32 Å². The van der Waals surface area contributed by atoms with E-state index < -0.39 is 0 Å². The van der Waals surface area contributed by atoms with Gasteiger partial charge in [0, 0.05) is 16.7 Å². The van der Waals surface area contributed by atoms with Crippen molar-refractivity contribution in [3.63, 3.8) is 0 Å². The van der Waals surface area contributed by atoms with Crippen molar-refractivity contribution in [2.45, 2.75) is 17.1 Å². The summed E-state index contributed by atoms with van der Waals surface area (Å²) in [6.45, 7) is 1.99. The van der Waals surface area contributed by atoms with Crippen LogP contribution in [0.25, 0.3) is 5.82 Å². The zero-order chi connectivity index (χ0) is 18.1. The topological polar surface area (TPSA) is 59.8 Å². The summed E-state index contributed by atoms with van der Waals surface area (Å²) in [5.74, 6) is 1.80. The van der Waals surface area contributed by atoms with Crippen molar-refractivity contribution >= 4 is 35.2 Å². The molecule has 2 aromatic heterocycles. The Kier molecular flexibility index (Phi) is 4.74. The van der Waals surface area contributed by atoms with Gasteiger partial charge in [-0.15, -0.1) is 23.5 Å². The van der Waals surface area contributed by atoms with Gasteiger partial charge in [0.25, 0.3) is 0 Å². The summed E-state index contributed by atoms with van der Waals surface area (Å²) in [5.41, 5.74) is 3.12. The first kappa shape index (κ1) is 17.2. The van der Waals surface area contributed by atoms with Crippen molar-refractivity contribution in [3.05, 3.63) is 65.5 Å². The second-order valence-electron chi connectivity index (χ2n) is 5.96. The van der Waals surface area contributed by atoms with Gasteiger partial charge >= 0.3 is 0 Å². The monoisotopic (exact) mass is 382 g/mol. The largest absolute Gasteiger partial charge is 0.310 e. The van der Waals surface area contributed by atoms with E-state index in [-0.39, 0.29) is 11.2 Å². The van der Waals surface area contributed by atoms with Crippen molar-refractivity contribution in [2.24, 2.45) is 0 Å². The zero-order valence-corrected chi connectivity index (χ0v) is 16.1. The molecular formula is C19H18N4OS2. The summed E-state index contributed by atoms with van der Waals surface area (Å²) >= 11 is 3.35. The highest BCUT2D eigenvalue weighted by Crippen LogP contribution is 2.43. The van der Waals surface area contributed by atoms with Gasteiger partial charge < -0.3 is 5.32 Å². The van der Waals surface area contributed by atoms with Crippen LogP contribution in [0.3, 0.4) is 0 Å². The molecule has 132 valence electrons. The summed E-state index contributed by atoms with van der Waals surface area (Å²) in [6.07, 6.45) is 3.79. The number of carbonyl (C=O) groups excluding carboxylic acids is 1. The van der Waals surface area contributed by atoms with Gasteiger partial charge in [-0.3, -0.25) is 4.79 Å². The van der Waals surface area contributed by atoms with E-state index in [1.807, 2.05) is 25.1 Å². The number of amides is 1. The Morgan fingerprint density at radius 2 is 2.04 bits per heavy atom. The molecule has 7 heteroatoms. The van der Waals surface area contributed by atoms with Crippen molar-refractivity contribution in [2.75, 3.05) is 17.3 Å². The molecule has 1 N–H and O–H groups in total. The van der Waals surface area contributed by atoms with E-state index in [1.54, 1.807) is 34.4 Å². The summed E-state index contributed by atoms with van der Waals surface area (Å²) < 4.78 is 1.73. The van der Waals surface area contributed by atoms with Gasteiger partial charge in [0.2, 0.25) is 5.91 Å².